The zero-order valence-corrected chi connectivity index (χ0v) is 17.8. The number of unbranched alkanes of at least 4 members (excludes halogenated alkanes) is 1. The molecule has 0 radical (unpaired) electrons. The molecular weight excluding hydrogens is 385 g/mol. The van der Waals surface area contributed by atoms with Crippen molar-refractivity contribution in [3.63, 3.8) is 0 Å². The Bertz CT molecular complexity index is 790. The van der Waals surface area contributed by atoms with Gasteiger partial charge in [-0.15, -0.1) is 0 Å². The summed E-state index contributed by atoms with van der Waals surface area (Å²) in [5, 5.41) is 2.40. The minimum Gasteiger partial charge on any atom is -0.490 e. The second-order valence-corrected chi connectivity index (χ2v) is 8.85. The normalized spacial score (nSPS) is 19.8. The molecule has 30 heavy (non-hydrogen) atoms. The van der Waals surface area contributed by atoms with E-state index in [1.165, 1.54) is 6.07 Å². The zero-order valence-electron chi connectivity index (χ0n) is 17.8. The zero-order chi connectivity index (χ0) is 21.6. The number of amides is 2. The van der Waals surface area contributed by atoms with E-state index in [0.717, 1.165) is 37.8 Å². The summed E-state index contributed by atoms with van der Waals surface area (Å²) < 4.78 is 19.5. The molecule has 3 N–H and O–H groups in total. The van der Waals surface area contributed by atoms with Crippen molar-refractivity contribution in [3.8, 4) is 5.75 Å². The van der Waals surface area contributed by atoms with Crippen LogP contribution in [0.15, 0.2) is 30.4 Å². The summed E-state index contributed by atoms with van der Waals surface area (Å²) in [6.07, 6.45) is 10.1. The Hall–Kier alpha value is -2.41. The van der Waals surface area contributed by atoms with Crippen molar-refractivity contribution < 1.29 is 18.7 Å². The van der Waals surface area contributed by atoms with Gasteiger partial charge in [-0.2, -0.15) is 0 Å². The number of carbonyl (C=O) groups is 2. The fraction of sp³-hybridized carbons (Fsp3) is 0.565. The van der Waals surface area contributed by atoms with E-state index in [0.29, 0.717) is 25.4 Å². The maximum atomic E-state index is 13.9. The van der Waals surface area contributed by atoms with Crippen LogP contribution in [0, 0.1) is 17.7 Å². The Morgan fingerprint density at radius 1 is 1.27 bits per heavy atom. The van der Waals surface area contributed by atoms with E-state index >= 15 is 0 Å². The van der Waals surface area contributed by atoms with E-state index in [1.807, 2.05) is 13.8 Å². The van der Waals surface area contributed by atoms with Gasteiger partial charge in [-0.3, -0.25) is 14.9 Å². The first-order valence-electron chi connectivity index (χ1n) is 10.8. The van der Waals surface area contributed by atoms with Gasteiger partial charge >= 0.3 is 0 Å². The highest BCUT2D eigenvalue weighted by molar-refractivity contribution is 5.98. The smallest absolute Gasteiger partial charge is 0.229 e. The topological polar surface area (TPSA) is 79.5 Å². The quantitative estimate of drug-likeness (QED) is 0.219. The molecule has 1 aliphatic heterocycles. The Labute approximate surface area is 177 Å². The Morgan fingerprint density at radius 2 is 2.07 bits per heavy atom. The van der Waals surface area contributed by atoms with E-state index in [-0.39, 0.29) is 34.8 Å². The van der Waals surface area contributed by atoms with Crippen molar-refractivity contribution in [1.29, 1.82) is 0 Å². The van der Waals surface area contributed by atoms with Crippen LogP contribution in [0.5, 0.6) is 5.75 Å². The average Bonchev–Trinajstić information content (AvgIpc) is 3.52. The first-order chi connectivity index (χ1) is 14.3. The van der Waals surface area contributed by atoms with Crippen molar-refractivity contribution in [2.75, 3.05) is 12.0 Å². The highest BCUT2D eigenvalue weighted by Crippen LogP contribution is 2.31. The molecule has 1 atom stereocenters. The molecule has 3 rings (SSSR count). The van der Waals surface area contributed by atoms with E-state index < -0.39 is 0 Å². The van der Waals surface area contributed by atoms with Gasteiger partial charge < -0.3 is 10.2 Å². The Kier molecular flexibility index (Phi) is 7.48. The number of piperidine rings is 1. The van der Waals surface area contributed by atoms with Crippen LogP contribution >= 0.6 is 0 Å². The lowest BCUT2D eigenvalue weighted by molar-refractivity contribution is -0.136. The summed E-state index contributed by atoms with van der Waals surface area (Å²) in [5.74, 6) is 0.129. The van der Waals surface area contributed by atoms with E-state index in [4.69, 9.17) is 4.74 Å². The van der Waals surface area contributed by atoms with Gasteiger partial charge in [0.25, 0.3) is 0 Å². The molecule has 1 aromatic rings. The lowest BCUT2D eigenvalue weighted by atomic mass is 9.92. The minimum absolute atomic E-state index is 0.0568. The molecule has 0 spiro atoms. The number of halogens is 1. The van der Waals surface area contributed by atoms with Gasteiger partial charge in [0.05, 0.1) is 12.3 Å². The number of hydrazine groups is 1. The number of benzene rings is 1. The lowest BCUT2D eigenvalue weighted by Gasteiger charge is -2.24. The first kappa shape index (κ1) is 22.3. The first-order valence-corrected chi connectivity index (χ1v) is 10.8. The molecule has 1 unspecified atom stereocenters. The molecule has 1 saturated carbocycles. The van der Waals surface area contributed by atoms with Crippen LogP contribution in [0.3, 0.4) is 0 Å². The Morgan fingerprint density at radius 3 is 2.80 bits per heavy atom. The predicted molar refractivity (Wildman–Crippen MR) is 114 cm³/mol. The summed E-state index contributed by atoms with van der Waals surface area (Å²) in [5.41, 5.74) is 6.78. The molecule has 2 aliphatic rings. The predicted octanol–water partition coefficient (Wildman–Crippen LogP) is 4.09. The van der Waals surface area contributed by atoms with Crippen molar-refractivity contribution in [2.45, 2.75) is 64.3 Å². The number of allylic oxidation sites excluding steroid dienone is 1. The third-order valence-corrected chi connectivity index (χ3v) is 5.44. The van der Waals surface area contributed by atoms with Gasteiger partial charge in [-0.1, -0.05) is 12.2 Å². The molecule has 7 heteroatoms. The van der Waals surface area contributed by atoms with Crippen LogP contribution in [0.4, 0.5) is 10.1 Å². The van der Waals surface area contributed by atoms with Crippen LogP contribution in [0.2, 0.25) is 0 Å². The van der Waals surface area contributed by atoms with Crippen molar-refractivity contribution >= 4 is 17.5 Å². The minimum atomic E-state index is -0.351. The molecule has 2 amide bonds. The second kappa shape index (κ2) is 10.1. The number of anilines is 1. The molecule has 1 aromatic carbocycles. The molecule has 6 nitrogen and oxygen atoms in total. The number of nitrogens with one attached hydrogen (secondary N) is 3. The highest BCUT2D eigenvalue weighted by Gasteiger charge is 2.25. The number of hydrogen-bond donors (Lipinski definition) is 3. The fourth-order valence-corrected chi connectivity index (χ4v) is 3.33. The second-order valence-electron chi connectivity index (χ2n) is 8.85. The van der Waals surface area contributed by atoms with Crippen LogP contribution in [0.1, 0.15) is 58.8 Å². The molecule has 2 fully saturated rings. The summed E-state index contributed by atoms with van der Waals surface area (Å²) >= 11 is 0. The summed E-state index contributed by atoms with van der Waals surface area (Å²) in [4.78, 5) is 23.0. The SMILES string of the molecule is CC(C)(/C=C/CCCC1CCC(=O)NC1=O)NNc1ccc(F)c(OCC2CC2)c1. The van der Waals surface area contributed by atoms with Gasteiger partial charge in [0.2, 0.25) is 11.8 Å². The number of hydrogen-bond acceptors (Lipinski definition) is 5. The third kappa shape index (κ3) is 7.13. The number of ether oxygens (including phenoxy) is 1. The van der Waals surface area contributed by atoms with E-state index in [2.05, 4.69) is 28.3 Å². The number of imide groups is 1. The molecule has 0 bridgehead atoms. The van der Waals surface area contributed by atoms with Crippen LogP contribution in [-0.4, -0.2) is 24.0 Å². The van der Waals surface area contributed by atoms with Gasteiger partial charge in [-0.05, 0) is 70.4 Å². The maximum absolute atomic E-state index is 13.9. The lowest BCUT2D eigenvalue weighted by Crippen LogP contribution is -2.41. The number of carbonyl (C=O) groups excluding carboxylic acids is 2. The van der Waals surface area contributed by atoms with E-state index in [9.17, 15) is 14.0 Å². The van der Waals surface area contributed by atoms with Gasteiger partial charge in [0.15, 0.2) is 11.6 Å². The molecule has 164 valence electrons. The average molecular weight is 418 g/mol. The summed E-state index contributed by atoms with van der Waals surface area (Å²) in [7, 11) is 0. The highest BCUT2D eigenvalue weighted by atomic mass is 19.1. The standard InChI is InChI=1S/C23H32FN3O3/c1-23(2,13-5-3-4-6-17-9-12-21(28)25-22(17)29)27-26-18-10-11-19(24)20(14-18)30-15-16-7-8-16/h5,10-11,13-14,16-17,26-27H,3-4,6-9,12,15H2,1-2H3,(H,25,28,29)/b13-5+. The van der Waals surface area contributed by atoms with Crippen molar-refractivity contribution in [2.24, 2.45) is 11.8 Å². The van der Waals surface area contributed by atoms with Crippen LogP contribution in [0.25, 0.3) is 0 Å². The molecule has 1 saturated heterocycles. The number of rotatable bonds is 11. The van der Waals surface area contributed by atoms with Gasteiger partial charge in [0, 0.05) is 23.9 Å². The van der Waals surface area contributed by atoms with Crippen molar-refractivity contribution in [3.05, 3.63) is 36.2 Å². The summed E-state index contributed by atoms with van der Waals surface area (Å²) in [6, 6.07) is 4.75. The van der Waals surface area contributed by atoms with Crippen LogP contribution < -0.4 is 20.9 Å². The van der Waals surface area contributed by atoms with Crippen LogP contribution in [-0.2, 0) is 9.59 Å². The molecule has 0 aromatic heterocycles. The molecule has 1 heterocycles. The maximum Gasteiger partial charge on any atom is 0.229 e. The van der Waals surface area contributed by atoms with Crippen molar-refractivity contribution in [1.82, 2.24) is 10.7 Å². The Balaban J connectivity index is 1.39. The van der Waals surface area contributed by atoms with Gasteiger partial charge in [0.1, 0.15) is 0 Å². The molecule has 1 aliphatic carbocycles. The largest absolute Gasteiger partial charge is 0.490 e. The fourth-order valence-electron chi connectivity index (χ4n) is 3.33. The third-order valence-electron chi connectivity index (χ3n) is 5.44. The molecular formula is C23H32FN3O3. The summed E-state index contributed by atoms with van der Waals surface area (Å²) in [6.45, 7) is 4.64. The van der Waals surface area contributed by atoms with E-state index in [1.54, 1.807) is 12.1 Å². The van der Waals surface area contributed by atoms with Gasteiger partial charge in [-0.25, -0.2) is 9.82 Å². The monoisotopic (exact) mass is 417 g/mol.